The van der Waals surface area contributed by atoms with E-state index < -0.39 is 0 Å². The zero-order valence-electron chi connectivity index (χ0n) is 10.7. The van der Waals surface area contributed by atoms with E-state index >= 15 is 0 Å². The number of amides is 1. The number of aliphatic imine (C=N–C) groups is 1. The number of piperidine rings is 1. The predicted octanol–water partition coefficient (Wildman–Crippen LogP) is 3.14. The van der Waals surface area contributed by atoms with Crippen molar-refractivity contribution in [2.45, 2.75) is 19.3 Å². The number of carbonyl (C=O) groups excluding carboxylic acids is 1. The second-order valence-corrected chi connectivity index (χ2v) is 5.78. The van der Waals surface area contributed by atoms with Gasteiger partial charge >= 0.3 is 0 Å². The summed E-state index contributed by atoms with van der Waals surface area (Å²) < 4.78 is 0. The number of nitrogens with zero attached hydrogens (tertiary/aromatic N) is 2. The highest BCUT2D eigenvalue weighted by atomic mass is 32.2. The quantitative estimate of drug-likeness (QED) is 0.736. The number of benzene rings is 1. The molecule has 3 nitrogen and oxygen atoms in total. The monoisotopic (exact) mass is 272 g/mol. The van der Waals surface area contributed by atoms with Gasteiger partial charge in [-0.3, -0.25) is 4.79 Å². The van der Waals surface area contributed by atoms with Crippen molar-refractivity contribution in [3.63, 3.8) is 0 Å². The van der Waals surface area contributed by atoms with E-state index in [1.54, 1.807) is 0 Å². The summed E-state index contributed by atoms with van der Waals surface area (Å²) in [5.41, 5.74) is 1.05. The summed E-state index contributed by atoms with van der Waals surface area (Å²) in [7, 11) is 0. The SMILES string of the molecule is O=C1N=C(N2CCCCC2)S/C1=C/c1ccccc1. The fraction of sp³-hybridized carbons (Fsp3) is 0.333. The Kier molecular flexibility index (Phi) is 3.69. The zero-order valence-corrected chi connectivity index (χ0v) is 11.5. The van der Waals surface area contributed by atoms with Gasteiger partial charge in [0, 0.05) is 13.1 Å². The molecule has 2 aliphatic heterocycles. The number of rotatable bonds is 1. The third kappa shape index (κ3) is 2.89. The van der Waals surface area contributed by atoms with Crippen molar-refractivity contribution in [3.8, 4) is 0 Å². The van der Waals surface area contributed by atoms with E-state index in [1.807, 2.05) is 36.4 Å². The maximum Gasteiger partial charge on any atom is 0.286 e. The van der Waals surface area contributed by atoms with Crippen LogP contribution in [0.5, 0.6) is 0 Å². The fourth-order valence-electron chi connectivity index (χ4n) is 2.32. The van der Waals surface area contributed by atoms with Crippen molar-refractivity contribution in [2.24, 2.45) is 4.99 Å². The molecule has 0 unspecified atom stereocenters. The van der Waals surface area contributed by atoms with Crippen molar-refractivity contribution in [3.05, 3.63) is 40.8 Å². The number of likely N-dealkylation sites (tertiary alicyclic amines) is 1. The summed E-state index contributed by atoms with van der Waals surface area (Å²) in [6, 6.07) is 9.92. The Bertz CT molecular complexity index is 530. The number of amidine groups is 1. The Morgan fingerprint density at radius 3 is 2.58 bits per heavy atom. The number of hydrogen-bond acceptors (Lipinski definition) is 3. The minimum Gasteiger partial charge on any atom is -0.351 e. The normalized spacial score (nSPS) is 21.9. The van der Waals surface area contributed by atoms with Gasteiger partial charge in [0.25, 0.3) is 5.91 Å². The van der Waals surface area contributed by atoms with Crippen molar-refractivity contribution in [1.29, 1.82) is 0 Å². The van der Waals surface area contributed by atoms with Gasteiger partial charge in [-0.05, 0) is 42.7 Å². The minimum atomic E-state index is -0.102. The maximum atomic E-state index is 11.9. The van der Waals surface area contributed by atoms with E-state index in [0.717, 1.165) is 28.7 Å². The highest BCUT2D eigenvalue weighted by Crippen LogP contribution is 2.31. The van der Waals surface area contributed by atoms with Gasteiger partial charge in [0.2, 0.25) is 0 Å². The molecule has 19 heavy (non-hydrogen) atoms. The molecule has 0 aromatic heterocycles. The molecule has 1 aromatic carbocycles. The summed E-state index contributed by atoms with van der Waals surface area (Å²) in [6.45, 7) is 2.05. The summed E-state index contributed by atoms with van der Waals surface area (Å²) in [5, 5.41) is 0.881. The Balaban J connectivity index is 1.74. The Labute approximate surface area is 117 Å². The molecule has 0 radical (unpaired) electrons. The Morgan fingerprint density at radius 1 is 1.11 bits per heavy atom. The lowest BCUT2D eigenvalue weighted by molar-refractivity contribution is -0.113. The van der Waals surface area contributed by atoms with E-state index in [4.69, 9.17) is 0 Å². The molecule has 1 amide bonds. The molecular weight excluding hydrogens is 256 g/mol. The fourth-order valence-corrected chi connectivity index (χ4v) is 3.28. The standard InChI is InChI=1S/C15H16N2OS/c18-14-13(11-12-7-3-1-4-8-12)19-15(16-14)17-9-5-2-6-10-17/h1,3-4,7-8,11H,2,5-6,9-10H2/b13-11+. The van der Waals surface area contributed by atoms with Crippen molar-refractivity contribution < 1.29 is 4.79 Å². The highest BCUT2D eigenvalue weighted by Gasteiger charge is 2.26. The first-order valence-electron chi connectivity index (χ1n) is 6.65. The molecule has 2 aliphatic rings. The van der Waals surface area contributed by atoms with E-state index in [9.17, 15) is 4.79 Å². The molecule has 4 heteroatoms. The van der Waals surface area contributed by atoms with Gasteiger partial charge in [-0.25, -0.2) is 0 Å². The van der Waals surface area contributed by atoms with E-state index in [2.05, 4.69) is 9.89 Å². The van der Waals surface area contributed by atoms with Crippen LogP contribution in [0.2, 0.25) is 0 Å². The number of carbonyl (C=O) groups is 1. The van der Waals surface area contributed by atoms with Crippen LogP contribution in [-0.2, 0) is 4.79 Å². The maximum absolute atomic E-state index is 11.9. The zero-order chi connectivity index (χ0) is 13.1. The second kappa shape index (κ2) is 5.61. The molecule has 0 atom stereocenters. The first kappa shape index (κ1) is 12.5. The number of thioether (sulfide) groups is 1. The van der Waals surface area contributed by atoms with Crippen LogP contribution in [0.15, 0.2) is 40.2 Å². The third-order valence-electron chi connectivity index (χ3n) is 3.33. The second-order valence-electron chi connectivity index (χ2n) is 4.77. The molecule has 0 aliphatic carbocycles. The van der Waals surface area contributed by atoms with Crippen molar-refractivity contribution >= 4 is 28.9 Å². The lowest BCUT2D eigenvalue weighted by Gasteiger charge is -2.27. The predicted molar refractivity (Wildman–Crippen MR) is 79.9 cm³/mol. The molecule has 2 heterocycles. The summed E-state index contributed by atoms with van der Waals surface area (Å²) in [5.74, 6) is -0.102. The van der Waals surface area contributed by atoms with Crippen LogP contribution in [0.25, 0.3) is 6.08 Å². The largest absolute Gasteiger partial charge is 0.351 e. The molecule has 0 N–H and O–H groups in total. The van der Waals surface area contributed by atoms with Crippen LogP contribution in [0.1, 0.15) is 24.8 Å². The van der Waals surface area contributed by atoms with Crippen molar-refractivity contribution in [1.82, 2.24) is 4.90 Å². The lowest BCUT2D eigenvalue weighted by Crippen LogP contribution is -2.33. The van der Waals surface area contributed by atoms with E-state index in [0.29, 0.717) is 0 Å². The van der Waals surface area contributed by atoms with Gasteiger partial charge in [-0.1, -0.05) is 30.3 Å². The Hall–Kier alpha value is -1.55. The molecule has 3 rings (SSSR count). The van der Waals surface area contributed by atoms with E-state index in [1.165, 1.54) is 31.0 Å². The van der Waals surface area contributed by atoms with Crippen LogP contribution in [0, 0.1) is 0 Å². The van der Waals surface area contributed by atoms with Gasteiger partial charge in [-0.2, -0.15) is 4.99 Å². The minimum absolute atomic E-state index is 0.102. The summed E-state index contributed by atoms with van der Waals surface area (Å²) >= 11 is 1.51. The first-order chi connectivity index (χ1) is 9.33. The van der Waals surface area contributed by atoms with Crippen LogP contribution in [0.3, 0.4) is 0 Å². The Morgan fingerprint density at radius 2 is 1.84 bits per heavy atom. The molecule has 1 saturated heterocycles. The van der Waals surface area contributed by atoms with Crippen molar-refractivity contribution in [2.75, 3.05) is 13.1 Å². The van der Waals surface area contributed by atoms with Gasteiger partial charge < -0.3 is 4.90 Å². The molecule has 0 spiro atoms. The van der Waals surface area contributed by atoms with Gasteiger partial charge in [0.05, 0.1) is 4.91 Å². The molecular formula is C15H16N2OS. The van der Waals surface area contributed by atoms with Crippen LogP contribution < -0.4 is 0 Å². The average molecular weight is 272 g/mol. The topological polar surface area (TPSA) is 32.7 Å². The first-order valence-corrected chi connectivity index (χ1v) is 7.47. The third-order valence-corrected chi connectivity index (χ3v) is 4.38. The molecule has 98 valence electrons. The molecule has 1 aromatic rings. The number of hydrogen-bond donors (Lipinski definition) is 0. The van der Waals surface area contributed by atoms with Crippen LogP contribution >= 0.6 is 11.8 Å². The molecule has 1 fully saturated rings. The van der Waals surface area contributed by atoms with Gasteiger partial charge in [0.1, 0.15) is 0 Å². The molecule has 0 bridgehead atoms. The smallest absolute Gasteiger partial charge is 0.286 e. The van der Waals surface area contributed by atoms with Gasteiger partial charge in [-0.15, -0.1) is 0 Å². The summed E-state index contributed by atoms with van der Waals surface area (Å²) in [6.07, 6.45) is 5.61. The van der Waals surface area contributed by atoms with Crippen LogP contribution in [0.4, 0.5) is 0 Å². The summed E-state index contributed by atoms with van der Waals surface area (Å²) in [4.78, 5) is 19.1. The highest BCUT2D eigenvalue weighted by molar-refractivity contribution is 8.18. The van der Waals surface area contributed by atoms with Crippen LogP contribution in [-0.4, -0.2) is 29.1 Å². The average Bonchev–Trinajstić information content (AvgIpc) is 2.82. The lowest BCUT2D eigenvalue weighted by atomic mass is 10.1. The van der Waals surface area contributed by atoms with Gasteiger partial charge in [0.15, 0.2) is 5.17 Å². The molecule has 0 saturated carbocycles. The van der Waals surface area contributed by atoms with E-state index in [-0.39, 0.29) is 5.91 Å².